The summed E-state index contributed by atoms with van der Waals surface area (Å²) in [5, 5.41) is 0. The van der Waals surface area contributed by atoms with Gasteiger partial charge in [0.25, 0.3) is 0 Å². The molecule has 0 aromatic rings. The van der Waals surface area contributed by atoms with E-state index in [2.05, 4.69) is 37.8 Å². The van der Waals surface area contributed by atoms with Crippen LogP contribution in [-0.2, 0) is 0 Å². The molecule has 0 saturated carbocycles. The fourth-order valence-electron chi connectivity index (χ4n) is 1.48. The standard InChI is InChI=1S/C12H18/c1-3-11(2)12-9-7-5-4-6-8-10-12/h3,5,7-8,10-12H,1,4,6,9H2,2H3. The Morgan fingerprint density at radius 1 is 1.33 bits per heavy atom. The first-order valence-electron chi connectivity index (χ1n) is 4.79. The van der Waals surface area contributed by atoms with Gasteiger partial charge in [0.1, 0.15) is 0 Å². The van der Waals surface area contributed by atoms with Gasteiger partial charge in [-0.2, -0.15) is 0 Å². The molecular weight excluding hydrogens is 144 g/mol. The number of rotatable bonds is 2. The van der Waals surface area contributed by atoms with Crippen LogP contribution in [0.2, 0.25) is 0 Å². The molecule has 0 bridgehead atoms. The molecule has 0 heteroatoms. The van der Waals surface area contributed by atoms with E-state index in [-0.39, 0.29) is 0 Å². The Morgan fingerprint density at radius 2 is 2.08 bits per heavy atom. The molecule has 0 saturated heterocycles. The van der Waals surface area contributed by atoms with Crippen molar-refractivity contribution in [1.82, 2.24) is 0 Å². The van der Waals surface area contributed by atoms with Crippen molar-refractivity contribution in [3.63, 3.8) is 0 Å². The molecule has 0 aromatic heterocycles. The Kier molecular flexibility index (Phi) is 3.86. The summed E-state index contributed by atoms with van der Waals surface area (Å²) in [6, 6.07) is 0. The minimum absolute atomic E-state index is 0.601. The Morgan fingerprint density at radius 3 is 2.83 bits per heavy atom. The summed E-state index contributed by atoms with van der Waals surface area (Å²) in [7, 11) is 0. The lowest BCUT2D eigenvalue weighted by Crippen LogP contribution is -2.05. The normalized spacial score (nSPS) is 25.9. The van der Waals surface area contributed by atoms with Crippen LogP contribution in [0.4, 0.5) is 0 Å². The number of hydrogen-bond acceptors (Lipinski definition) is 0. The molecule has 2 unspecified atom stereocenters. The molecule has 2 atom stereocenters. The second-order valence-electron chi connectivity index (χ2n) is 3.47. The zero-order valence-electron chi connectivity index (χ0n) is 7.87. The van der Waals surface area contributed by atoms with E-state index in [0.29, 0.717) is 11.8 Å². The lowest BCUT2D eigenvalue weighted by atomic mass is 9.89. The van der Waals surface area contributed by atoms with Crippen LogP contribution in [0.15, 0.2) is 37.0 Å². The highest BCUT2D eigenvalue weighted by Crippen LogP contribution is 2.20. The maximum atomic E-state index is 3.83. The number of hydrogen-bond donors (Lipinski definition) is 0. The van der Waals surface area contributed by atoms with Crippen LogP contribution in [0.5, 0.6) is 0 Å². The maximum absolute atomic E-state index is 3.83. The van der Waals surface area contributed by atoms with Crippen molar-refractivity contribution in [2.24, 2.45) is 11.8 Å². The van der Waals surface area contributed by atoms with Gasteiger partial charge in [0, 0.05) is 0 Å². The Labute approximate surface area is 75.7 Å². The van der Waals surface area contributed by atoms with E-state index in [1.165, 1.54) is 19.3 Å². The van der Waals surface area contributed by atoms with Gasteiger partial charge in [0.05, 0.1) is 0 Å². The highest BCUT2D eigenvalue weighted by molar-refractivity contribution is 5.02. The van der Waals surface area contributed by atoms with Gasteiger partial charge in [-0.1, -0.05) is 37.3 Å². The molecular formula is C12H18. The summed E-state index contributed by atoms with van der Waals surface area (Å²) in [4.78, 5) is 0. The van der Waals surface area contributed by atoms with E-state index in [1.54, 1.807) is 0 Å². The van der Waals surface area contributed by atoms with E-state index in [0.717, 1.165) is 0 Å². The lowest BCUT2D eigenvalue weighted by molar-refractivity contribution is 0.515. The molecule has 0 nitrogen and oxygen atoms in total. The van der Waals surface area contributed by atoms with Crippen molar-refractivity contribution in [1.29, 1.82) is 0 Å². The van der Waals surface area contributed by atoms with Gasteiger partial charge < -0.3 is 0 Å². The SMILES string of the molecule is C=CC(C)C1C=CCCC=CC1. The van der Waals surface area contributed by atoms with Crippen LogP contribution in [0.25, 0.3) is 0 Å². The molecule has 0 aliphatic heterocycles. The molecule has 0 radical (unpaired) electrons. The third-order valence-corrected chi connectivity index (χ3v) is 2.51. The molecule has 66 valence electrons. The van der Waals surface area contributed by atoms with Gasteiger partial charge >= 0.3 is 0 Å². The quantitative estimate of drug-likeness (QED) is 0.543. The summed E-state index contributed by atoms with van der Waals surface area (Å²) in [6.45, 7) is 6.07. The van der Waals surface area contributed by atoms with Gasteiger partial charge in [0.15, 0.2) is 0 Å². The molecule has 0 fully saturated rings. The van der Waals surface area contributed by atoms with E-state index in [9.17, 15) is 0 Å². The zero-order chi connectivity index (χ0) is 8.81. The second kappa shape index (κ2) is 4.97. The molecule has 0 N–H and O–H groups in total. The van der Waals surface area contributed by atoms with Gasteiger partial charge in [-0.25, -0.2) is 0 Å². The lowest BCUT2D eigenvalue weighted by Gasteiger charge is -2.16. The van der Waals surface area contributed by atoms with Crippen molar-refractivity contribution in [2.75, 3.05) is 0 Å². The molecule has 0 spiro atoms. The van der Waals surface area contributed by atoms with Gasteiger partial charge in [-0.3, -0.25) is 0 Å². The summed E-state index contributed by atoms with van der Waals surface area (Å²) >= 11 is 0. The predicted molar refractivity (Wildman–Crippen MR) is 55.0 cm³/mol. The molecule has 0 heterocycles. The monoisotopic (exact) mass is 162 g/mol. The minimum atomic E-state index is 0.601. The fourth-order valence-corrected chi connectivity index (χ4v) is 1.48. The van der Waals surface area contributed by atoms with Crippen molar-refractivity contribution in [2.45, 2.75) is 26.2 Å². The smallest absolute Gasteiger partial charge is 0.0139 e. The molecule has 0 aromatic carbocycles. The first-order chi connectivity index (χ1) is 5.84. The van der Waals surface area contributed by atoms with Crippen LogP contribution in [0.1, 0.15) is 26.2 Å². The van der Waals surface area contributed by atoms with Crippen molar-refractivity contribution < 1.29 is 0 Å². The van der Waals surface area contributed by atoms with Gasteiger partial charge in [-0.05, 0) is 31.1 Å². The van der Waals surface area contributed by atoms with Crippen molar-refractivity contribution in [3.8, 4) is 0 Å². The Bertz CT molecular complexity index is 186. The second-order valence-corrected chi connectivity index (χ2v) is 3.47. The van der Waals surface area contributed by atoms with Gasteiger partial charge in [-0.15, -0.1) is 6.58 Å². The van der Waals surface area contributed by atoms with Crippen molar-refractivity contribution in [3.05, 3.63) is 37.0 Å². The average molecular weight is 162 g/mol. The summed E-state index contributed by atoms with van der Waals surface area (Å²) in [5.41, 5.74) is 0. The minimum Gasteiger partial charge on any atom is -0.103 e. The average Bonchev–Trinajstić information content (AvgIpc) is 2.02. The number of allylic oxidation sites excluding steroid dienone is 5. The van der Waals surface area contributed by atoms with Crippen LogP contribution in [-0.4, -0.2) is 0 Å². The van der Waals surface area contributed by atoms with E-state index in [1.807, 2.05) is 6.08 Å². The van der Waals surface area contributed by atoms with E-state index in [4.69, 9.17) is 0 Å². The van der Waals surface area contributed by atoms with Crippen LogP contribution in [0.3, 0.4) is 0 Å². The highest BCUT2D eigenvalue weighted by atomic mass is 14.1. The molecule has 1 aliphatic rings. The molecule has 1 aliphatic carbocycles. The predicted octanol–water partition coefficient (Wildman–Crippen LogP) is 3.72. The van der Waals surface area contributed by atoms with Gasteiger partial charge in [0.2, 0.25) is 0 Å². The van der Waals surface area contributed by atoms with E-state index < -0.39 is 0 Å². The summed E-state index contributed by atoms with van der Waals surface area (Å²) in [5.74, 6) is 1.27. The highest BCUT2D eigenvalue weighted by Gasteiger charge is 2.09. The third kappa shape index (κ3) is 2.69. The fraction of sp³-hybridized carbons (Fsp3) is 0.500. The largest absolute Gasteiger partial charge is 0.103 e. The first-order valence-corrected chi connectivity index (χ1v) is 4.79. The Balaban J connectivity index is 2.55. The molecule has 1 rings (SSSR count). The van der Waals surface area contributed by atoms with Crippen LogP contribution in [0, 0.1) is 11.8 Å². The molecule has 0 amide bonds. The van der Waals surface area contributed by atoms with Crippen LogP contribution < -0.4 is 0 Å². The zero-order valence-corrected chi connectivity index (χ0v) is 7.87. The summed E-state index contributed by atoms with van der Waals surface area (Å²) in [6.07, 6.45) is 14.8. The topological polar surface area (TPSA) is 0 Å². The third-order valence-electron chi connectivity index (χ3n) is 2.51. The molecule has 12 heavy (non-hydrogen) atoms. The van der Waals surface area contributed by atoms with Crippen LogP contribution >= 0.6 is 0 Å². The Hall–Kier alpha value is -0.780. The maximum Gasteiger partial charge on any atom is -0.0139 e. The summed E-state index contributed by atoms with van der Waals surface area (Å²) < 4.78 is 0. The van der Waals surface area contributed by atoms with E-state index >= 15 is 0 Å². The van der Waals surface area contributed by atoms with Crippen molar-refractivity contribution >= 4 is 0 Å². The first kappa shape index (κ1) is 9.31.